The number of carbonyl (C=O) groups excluding carboxylic acids is 5. The summed E-state index contributed by atoms with van der Waals surface area (Å²) < 4.78 is 6.14. The Morgan fingerprint density at radius 1 is 0.814 bits per heavy atom. The fraction of sp³-hybridized carbons (Fsp3) is 0.400. The van der Waals surface area contributed by atoms with Gasteiger partial charge < -0.3 is 29.6 Å². The van der Waals surface area contributed by atoms with Gasteiger partial charge in [-0.2, -0.15) is 0 Å². The quantitative estimate of drug-likeness (QED) is 0.0596. The van der Waals surface area contributed by atoms with Crippen LogP contribution in [0.5, 0.6) is 11.5 Å². The van der Waals surface area contributed by atoms with Crippen molar-refractivity contribution in [1.82, 2.24) is 14.7 Å². The fourth-order valence-electron chi connectivity index (χ4n) is 8.35. The van der Waals surface area contributed by atoms with E-state index in [0.717, 1.165) is 32.7 Å². The van der Waals surface area contributed by atoms with Crippen molar-refractivity contribution >= 4 is 74.1 Å². The molecule has 0 saturated heterocycles. The minimum Gasteiger partial charge on any atom is -0.507 e. The van der Waals surface area contributed by atoms with Crippen LogP contribution in [0.1, 0.15) is 62.0 Å². The van der Waals surface area contributed by atoms with Gasteiger partial charge >= 0.3 is 0 Å². The van der Waals surface area contributed by atoms with Crippen LogP contribution in [0.3, 0.4) is 0 Å². The van der Waals surface area contributed by atoms with Crippen molar-refractivity contribution in [3.63, 3.8) is 0 Å². The summed E-state index contributed by atoms with van der Waals surface area (Å²) in [7, 11) is 3.41. The van der Waals surface area contributed by atoms with Crippen molar-refractivity contribution in [2.24, 2.45) is 0 Å². The average Bonchev–Trinajstić information content (AvgIpc) is 3.94. The minimum absolute atomic E-state index is 0.0436. The monoisotopic (exact) mass is 823 g/mol. The molecule has 0 saturated carbocycles. The Hall–Kier alpha value is -5.50. The summed E-state index contributed by atoms with van der Waals surface area (Å²) in [5.74, 6) is -0.0886. The number of likely N-dealkylation sites (N-methyl/N-ethyl adjacent to an activating group) is 2. The lowest BCUT2D eigenvalue weighted by Crippen LogP contribution is -2.42. The van der Waals surface area contributed by atoms with Gasteiger partial charge in [-0.05, 0) is 54.6 Å². The summed E-state index contributed by atoms with van der Waals surface area (Å²) in [4.78, 5) is 71.4. The lowest BCUT2D eigenvalue weighted by Gasteiger charge is -2.27. The highest BCUT2D eigenvalue weighted by molar-refractivity contribution is 6.19. The molecule has 59 heavy (non-hydrogen) atoms. The third kappa shape index (κ3) is 8.78. The Balaban J connectivity index is 0.924. The molecule has 310 valence electrons. The zero-order chi connectivity index (χ0) is 41.8. The number of aromatic hydroxyl groups is 1. The smallest absolute Gasteiger partial charge is 0.259 e. The van der Waals surface area contributed by atoms with Crippen LogP contribution >= 0.6 is 11.6 Å². The maximum Gasteiger partial charge on any atom is 0.259 e. The van der Waals surface area contributed by atoms with Gasteiger partial charge in [0.25, 0.3) is 18.2 Å². The summed E-state index contributed by atoms with van der Waals surface area (Å²) in [5, 5.41) is 25.3. The molecule has 5 amide bonds. The van der Waals surface area contributed by atoms with Crippen molar-refractivity contribution < 1.29 is 38.9 Å². The predicted octanol–water partition coefficient (Wildman–Crippen LogP) is 5.66. The number of benzene rings is 4. The Bertz CT molecular complexity index is 2300. The van der Waals surface area contributed by atoms with Crippen LogP contribution in [0.15, 0.2) is 72.8 Å². The van der Waals surface area contributed by atoms with Crippen molar-refractivity contribution in [1.29, 1.82) is 0 Å². The number of anilines is 2. The van der Waals surface area contributed by atoms with Gasteiger partial charge in [-0.1, -0.05) is 55.0 Å². The molecule has 2 N–H and O–H groups in total. The molecule has 0 aromatic heterocycles. The van der Waals surface area contributed by atoms with E-state index in [2.05, 4.69) is 0 Å². The van der Waals surface area contributed by atoms with E-state index in [1.165, 1.54) is 17.1 Å². The first kappa shape index (κ1) is 41.7. The number of carbonyl (C=O) groups is 5. The molecule has 3 heterocycles. The predicted molar refractivity (Wildman–Crippen MR) is 227 cm³/mol. The van der Waals surface area contributed by atoms with Crippen LogP contribution in [-0.2, 0) is 30.4 Å². The second-order valence-electron chi connectivity index (χ2n) is 15.5. The van der Waals surface area contributed by atoms with Crippen LogP contribution < -0.4 is 14.5 Å². The largest absolute Gasteiger partial charge is 0.507 e. The highest BCUT2D eigenvalue weighted by Crippen LogP contribution is 2.46. The standard InChI is InChI=1S/C45H50ClN5O8/c1-47(39(53)15-4-3-9-21-50-42(56)18-19-43(50)57)23-24-48(2)45(58)59-38-26-35-31(30-11-5-7-13-33(30)38)20-22-49(35)40(54)16-10-17-41(55)51-28-29(27-46)44-34-14-8-6-12-32(34)37(52)25-36(44)51/h5-8,11-14,18-19,25-26,29,45,52,58H,3-4,9-10,15-17,20-24,27-28H2,1-2H3. The van der Waals surface area contributed by atoms with E-state index in [9.17, 15) is 34.2 Å². The third-order valence-electron chi connectivity index (χ3n) is 11.7. The number of aliphatic hydroxyl groups is 1. The summed E-state index contributed by atoms with van der Waals surface area (Å²) in [5.41, 5.74) is 3.36. The Morgan fingerprint density at radius 2 is 1.47 bits per heavy atom. The zero-order valence-electron chi connectivity index (χ0n) is 33.4. The molecule has 2 unspecified atom stereocenters. The highest BCUT2D eigenvalue weighted by atomic mass is 35.5. The molecule has 14 heteroatoms. The minimum atomic E-state index is -1.34. The molecule has 0 radical (unpaired) electrons. The Labute approximate surface area is 348 Å². The molecular weight excluding hydrogens is 774 g/mol. The average molecular weight is 824 g/mol. The summed E-state index contributed by atoms with van der Waals surface area (Å²) in [6.07, 6.45) is 4.80. The number of alkyl halides is 1. The normalized spacial score (nSPS) is 16.4. The molecule has 2 atom stereocenters. The van der Waals surface area contributed by atoms with E-state index in [0.29, 0.717) is 94.3 Å². The Morgan fingerprint density at radius 3 is 2.19 bits per heavy atom. The van der Waals surface area contributed by atoms with Crippen molar-refractivity contribution in [2.45, 2.75) is 63.7 Å². The molecule has 7 rings (SSSR count). The fourth-order valence-corrected chi connectivity index (χ4v) is 8.61. The number of aliphatic hydroxyl groups excluding tert-OH is 1. The lowest BCUT2D eigenvalue weighted by molar-refractivity contribution is -0.137. The number of ether oxygens (including phenoxy) is 1. The van der Waals surface area contributed by atoms with Gasteiger partial charge in [0.05, 0.1) is 11.4 Å². The molecule has 0 aliphatic carbocycles. The number of rotatable bonds is 17. The molecule has 0 spiro atoms. The summed E-state index contributed by atoms with van der Waals surface area (Å²) in [6, 6.07) is 18.7. The maximum atomic E-state index is 13.7. The number of fused-ring (bicyclic) bond motifs is 6. The van der Waals surface area contributed by atoms with E-state index in [4.69, 9.17) is 16.3 Å². The topological polar surface area (TPSA) is 151 Å². The lowest BCUT2D eigenvalue weighted by atomic mass is 9.95. The van der Waals surface area contributed by atoms with E-state index >= 15 is 0 Å². The van der Waals surface area contributed by atoms with Gasteiger partial charge in [0.2, 0.25) is 17.7 Å². The van der Waals surface area contributed by atoms with Crippen molar-refractivity contribution in [2.75, 3.05) is 62.5 Å². The molecule has 4 aromatic carbocycles. The number of hydrogen-bond acceptors (Lipinski definition) is 9. The highest BCUT2D eigenvalue weighted by Gasteiger charge is 2.35. The van der Waals surface area contributed by atoms with Crippen molar-refractivity contribution in [3.05, 3.63) is 83.9 Å². The maximum absolute atomic E-state index is 13.7. The molecule has 13 nitrogen and oxygen atoms in total. The van der Waals surface area contributed by atoms with Crippen LogP contribution in [0.2, 0.25) is 0 Å². The summed E-state index contributed by atoms with van der Waals surface area (Å²) >= 11 is 6.37. The SMILES string of the molecule is CN(CCN(C)C(O)Oc1cc2c(c3ccccc13)CCN2C(=O)CCCC(=O)N1CC(CCl)c2c1cc(O)c1ccccc21)C(=O)CCCCCN1C(=O)C=CC1=O. The third-order valence-corrected chi connectivity index (χ3v) is 12.1. The van der Waals surface area contributed by atoms with Gasteiger partial charge in [0, 0.05) is 106 Å². The second-order valence-corrected chi connectivity index (χ2v) is 15.8. The van der Waals surface area contributed by atoms with E-state index in [1.54, 1.807) is 45.8 Å². The van der Waals surface area contributed by atoms with Gasteiger partial charge in [-0.15, -0.1) is 11.6 Å². The first-order valence-corrected chi connectivity index (χ1v) is 20.8. The number of halogens is 1. The number of imide groups is 1. The second kappa shape index (κ2) is 18.2. The van der Waals surface area contributed by atoms with Gasteiger partial charge in [-0.25, -0.2) is 4.90 Å². The van der Waals surface area contributed by atoms with Gasteiger partial charge in [-0.3, -0.25) is 28.9 Å². The number of phenols is 1. The first-order valence-electron chi connectivity index (χ1n) is 20.2. The number of nitrogens with zero attached hydrogens (tertiary/aromatic N) is 5. The van der Waals surface area contributed by atoms with Crippen LogP contribution in [-0.4, -0.2) is 114 Å². The van der Waals surface area contributed by atoms with E-state index in [1.807, 2.05) is 48.5 Å². The molecule has 0 bridgehead atoms. The first-order chi connectivity index (χ1) is 28.5. The molecule has 0 fully saturated rings. The van der Waals surface area contributed by atoms with E-state index < -0.39 is 6.41 Å². The number of phenolic OH excluding ortho intramolecular Hbond substituents is 1. The number of amides is 5. The summed E-state index contributed by atoms with van der Waals surface area (Å²) in [6.45, 7) is 1.92. The van der Waals surface area contributed by atoms with Crippen LogP contribution in [0, 0.1) is 0 Å². The Kier molecular flexibility index (Phi) is 12.8. The molecule has 3 aliphatic rings. The number of unbranched alkanes of at least 4 members (excludes halogenated alkanes) is 2. The van der Waals surface area contributed by atoms with Crippen LogP contribution in [0.25, 0.3) is 21.5 Å². The molecule has 4 aromatic rings. The van der Waals surface area contributed by atoms with Gasteiger partial charge in [0.1, 0.15) is 11.5 Å². The van der Waals surface area contributed by atoms with Crippen molar-refractivity contribution in [3.8, 4) is 11.5 Å². The van der Waals surface area contributed by atoms with E-state index in [-0.39, 0.29) is 54.0 Å². The molecule has 3 aliphatic heterocycles. The zero-order valence-corrected chi connectivity index (χ0v) is 34.2. The number of hydrogen-bond donors (Lipinski definition) is 2. The van der Waals surface area contributed by atoms with Gasteiger partial charge in [0.15, 0.2) is 0 Å². The van der Waals surface area contributed by atoms with Crippen LogP contribution in [0.4, 0.5) is 11.4 Å². The molecular formula is C45H50ClN5O8.